The molecule has 0 aromatic carbocycles. The fraction of sp³-hybridized carbons (Fsp3) is 0.923. The molecular weight excluding hydrogens is 232 g/mol. The summed E-state index contributed by atoms with van der Waals surface area (Å²) in [4.78, 5) is 15.8. The molecule has 0 aromatic rings. The third kappa shape index (κ3) is 3.43. The zero-order valence-electron chi connectivity index (χ0n) is 11.2. The van der Waals surface area contributed by atoms with Gasteiger partial charge < -0.3 is 9.84 Å². The number of nitrogens with zero attached hydrogens (tertiary/aromatic N) is 2. The number of aliphatic carboxylic acids is 1. The van der Waals surface area contributed by atoms with E-state index in [-0.39, 0.29) is 0 Å². The van der Waals surface area contributed by atoms with Gasteiger partial charge in [0.2, 0.25) is 0 Å². The van der Waals surface area contributed by atoms with Crippen molar-refractivity contribution in [3.63, 3.8) is 0 Å². The quantitative estimate of drug-likeness (QED) is 0.756. The highest BCUT2D eigenvalue weighted by atomic mass is 16.5. The van der Waals surface area contributed by atoms with Gasteiger partial charge in [-0.3, -0.25) is 9.80 Å². The summed E-state index contributed by atoms with van der Waals surface area (Å²) in [5.41, 5.74) is 0. The molecule has 0 saturated carbocycles. The monoisotopic (exact) mass is 256 g/mol. The molecule has 1 N–H and O–H groups in total. The van der Waals surface area contributed by atoms with E-state index in [1.165, 1.54) is 32.4 Å². The van der Waals surface area contributed by atoms with Gasteiger partial charge in [-0.15, -0.1) is 0 Å². The van der Waals surface area contributed by atoms with Gasteiger partial charge >= 0.3 is 5.97 Å². The van der Waals surface area contributed by atoms with Crippen LogP contribution in [0.2, 0.25) is 0 Å². The lowest BCUT2D eigenvalue weighted by Crippen LogP contribution is -2.40. The van der Waals surface area contributed by atoms with Crippen molar-refractivity contribution in [2.24, 2.45) is 0 Å². The number of carbonyl (C=O) groups is 1. The number of rotatable bonds is 6. The molecule has 5 heteroatoms. The summed E-state index contributed by atoms with van der Waals surface area (Å²) >= 11 is 0. The van der Waals surface area contributed by atoms with Crippen LogP contribution in [-0.2, 0) is 9.53 Å². The fourth-order valence-corrected chi connectivity index (χ4v) is 3.02. The van der Waals surface area contributed by atoms with Crippen LogP contribution in [-0.4, -0.2) is 72.4 Å². The van der Waals surface area contributed by atoms with Crippen molar-refractivity contribution >= 4 is 5.97 Å². The molecule has 2 fully saturated rings. The average molecular weight is 256 g/mol. The van der Waals surface area contributed by atoms with E-state index in [1.54, 1.807) is 0 Å². The largest absolute Gasteiger partial charge is 0.479 e. The number of carboxylic acid groups (broad SMARTS) is 1. The summed E-state index contributed by atoms with van der Waals surface area (Å²) < 4.78 is 5.27. The highest BCUT2D eigenvalue weighted by Gasteiger charge is 2.31. The maximum Gasteiger partial charge on any atom is 0.334 e. The van der Waals surface area contributed by atoms with E-state index in [0.717, 1.165) is 13.1 Å². The lowest BCUT2D eigenvalue weighted by molar-refractivity contribution is -0.151. The standard InChI is InChI=1S/C13H24N2O3/c1-2-18-12(13(16)17)10-14-8-5-11(9-14)15-6-3-4-7-15/h11-12H,2-10H2,1H3,(H,16,17). The van der Waals surface area contributed by atoms with Gasteiger partial charge in [-0.05, 0) is 45.8 Å². The minimum Gasteiger partial charge on any atom is -0.479 e. The molecule has 104 valence electrons. The van der Waals surface area contributed by atoms with Gasteiger partial charge in [0.15, 0.2) is 6.10 Å². The number of ether oxygens (including phenoxy) is 1. The predicted molar refractivity (Wildman–Crippen MR) is 68.7 cm³/mol. The van der Waals surface area contributed by atoms with Gasteiger partial charge in [-0.25, -0.2) is 4.79 Å². The van der Waals surface area contributed by atoms with E-state index in [4.69, 9.17) is 9.84 Å². The van der Waals surface area contributed by atoms with Crippen LogP contribution < -0.4 is 0 Å². The summed E-state index contributed by atoms with van der Waals surface area (Å²) in [5, 5.41) is 9.08. The molecule has 2 aliphatic rings. The second kappa shape index (κ2) is 6.50. The van der Waals surface area contributed by atoms with Crippen molar-refractivity contribution in [1.29, 1.82) is 0 Å². The molecule has 2 atom stereocenters. The van der Waals surface area contributed by atoms with Crippen LogP contribution in [0, 0.1) is 0 Å². The lowest BCUT2D eigenvalue weighted by Gasteiger charge is -2.24. The van der Waals surface area contributed by atoms with Crippen LogP contribution >= 0.6 is 0 Å². The zero-order chi connectivity index (χ0) is 13.0. The van der Waals surface area contributed by atoms with Crippen LogP contribution in [0.4, 0.5) is 0 Å². The van der Waals surface area contributed by atoms with Crippen LogP contribution in [0.1, 0.15) is 26.2 Å². The van der Waals surface area contributed by atoms with E-state index in [1.807, 2.05) is 6.92 Å². The molecule has 2 rings (SSSR count). The predicted octanol–water partition coefficient (Wildman–Crippen LogP) is 0.646. The molecular formula is C13H24N2O3. The molecule has 0 spiro atoms. The van der Waals surface area contributed by atoms with Gasteiger partial charge in [0.05, 0.1) is 0 Å². The van der Waals surface area contributed by atoms with Gasteiger partial charge in [-0.2, -0.15) is 0 Å². The van der Waals surface area contributed by atoms with Gasteiger partial charge in [-0.1, -0.05) is 0 Å². The first kappa shape index (κ1) is 13.8. The minimum absolute atomic E-state index is 0.459. The third-order valence-electron chi connectivity index (χ3n) is 3.97. The lowest BCUT2D eigenvalue weighted by atomic mass is 10.2. The topological polar surface area (TPSA) is 53.0 Å². The van der Waals surface area contributed by atoms with E-state index in [9.17, 15) is 4.79 Å². The van der Waals surface area contributed by atoms with E-state index in [0.29, 0.717) is 19.2 Å². The first-order valence-corrected chi connectivity index (χ1v) is 7.01. The molecule has 0 bridgehead atoms. The molecule has 2 heterocycles. The van der Waals surface area contributed by atoms with Crippen molar-refractivity contribution in [1.82, 2.24) is 9.80 Å². The summed E-state index contributed by atoms with van der Waals surface area (Å²) in [6.45, 7) is 7.24. The highest BCUT2D eigenvalue weighted by Crippen LogP contribution is 2.20. The van der Waals surface area contributed by atoms with Crippen LogP contribution in [0.15, 0.2) is 0 Å². The first-order valence-electron chi connectivity index (χ1n) is 7.01. The summed E-state index contributed by atoms with van der Waals surface area (Å²) in [6.07, 6.45) is 3.12. The average Bonchev–Trinajstić information content (AvgIpc) is 2.98. The first-order chi connectivity index (χ1) is 8.70. The Labute approximate surface area is 109 Å². The van der Waals surface area contributed by atoms with Crippen LogP contribution in [0.5, 0.6) is 0 Å². The minimum atomic E-state index is -0.846. The molecule has 2 unspecified atom stereocenters. The molecule has 2 aliphatic heterocycles. The van der Waals surface area contributed by atoms with Gasteiger partial charge in [0, 0.05) is 25.7 Å². The summed E-state index contributed by atoms with van der Waals surface area (Å²) in [6, 6.07) is 0.628. The molecule has 2 saturated heterocycles. The maximum absolute atomic E-state index is 11.1. The Hall–Kier alpha value is -0.650. The summed E-state index contributed by atoms with van der Waals surface area (Å²) in [7, 11) is 0. The molecule has 0 amide bonds. The van der Waals surface area contributed by atoms with E-state index < -0.39 is 12.1 Å². The van der Waals surface area contributed by atoms with Crippen molar-refractivity contribution in [3.05, 3.63) is 0 Å². The Morgan fingerprint density at radius 2 is 2.11 bits per heavy atom. The Balaban J connectivity index is 1.78. The number of carboxylic acids is 1. The second-order valence-electron chi connectivity index (χ2n) is 5.23. The normalized spacial score (nSPS) is 27.7. The van der Waals surface area contributed by atoms with Crippen molar-refractivity contribution < 1.29 is 14.6 Å². The Morgan fingerprint density at radius 1 is 1.39 bits per heavy atom. The van der Waals surface area contributed by atoms with Crippen molar-refractivity contribution in [2.45, 2.75) is 38.3 Å². The van der Waals surface area contributed by atoms with Crippen LogP contribution in [0.25, 0.3) is 0 Å². The second-order valence-corrected chi connectivity index (χ2v) is 5.23. The van der Waals surface area contributed by atoms with Crippen molar-refractivity contribution in [2.75, 3.05) is 39.3 Å². The molecule has 5 nitrogen and oxygen atoms in total. The number of likely N-dealkylation sites (tertiary alicyclic amines) is 2. The van der Waals surface area contributed by atoms with Crippen LogP contribution in [0.3, 0.4) is 0 Å². The Bertz CT molecular complexity index is 279. The fourth-order valence-electron chi connectivity index (χ4n) is 3.02. The summed E-state index contributed by atoms with van der Waals surface area (Å²) in [5.74, 6) is -0.846. The van der Waals surface area contributed by atoms with Gasteiger partial charge in [0.1, 0.15) is 0 Å². The van der Waals surface area contributed by atoms with Gasteiger partial charge in [0.25, 0.3) is 0 Å². The molecule has 0 aliphatic carbocycles. The smallest absolute Gasteiger partial charge is 0.334 e. The SMILES string of the molecule is CCOC(CN1CCC(N2CCCC2)C1)C(=O)O. The van der Waals surface area contributed by atoms with E-state index >= 15 is 0 Å². The highest BCUT2D eigenvalue weighted by molar-refractivity contribution is 5.72. The Morgan fingerprint density at radius 3 is 2.72 bits per heavy atom. The zero-order valence-corrected chi connectivity index (χ0v) is 11.2. The number of hydrogen-bond donors (Lipinski definition) is 1. The van der Waals surface area contributed by atoms with E-state index in [2.05, 4.69) is 9.80 Å². The maximum atomic E-state index is 11.1. The molecule has 18 heavy (non-hydrogen) atoms. The molecule has 0 aromatic heterocycles. The Kier molecular flexibility index (Phi) is 4.97. The number of hydrogen-bond acceptors (Lipinski definition) is 4. The van der Waals surface area contributed by atoms with Crippen molar-refractivity contribution in [3.8, 4) is 0 Å². The molecule has 0 radical (unpaired) electrons. The third-order valence-corrected chi connectivity index (χ3v) is 3.97.